The van der Waals surface area contributed by atoms with Crippen LogP contribution < -0.4 is 10.2 Å². The van der Waals surface area contributed by atoms with Crippen LogP contribution in [0.15, 0.2) is 18.2 Å². The van der Waals surface area contributed by atoms with Gasteiger partial charge in [0.1, 0.15) is 11.4 Å². The van der Waals surface area contributed by atoms with E-state index in [2.05, 4.69) is 10.2 Å². The average molecular weight is 294 g/mol. The van der Waals surface area contributed by atoms with E-state index in [-0.39, 0.29) is 5.82 Å². The quantitative estimate of drug-likeness (QED) is 0.811. The Balaban J connectivity index is 1.93. The van der Waals surface area contributed by atoms with E-state index in [1.54, 1.807) is 13.0 Å². The summed E-state index contributed by atoms with van der Waals surface area (Å²) in [4.78, 5) is 13.5. The zero-order chi connectivity index (χ0) is 15.5. The lowest BCUT2D eigenvalue weighted by Crippen LogP contribution is -2.49. The summed E-state index contributed by atoms with van der Waals surface area (Å²) in [6.07, 6.45) is 2.24. The maximum Gasteiger partial charge on any atom is 0.323 e. The minimum absolute atomic E-state index is 0.219. The van der Waals surface area contributed by atoms with E-state index in [1.807, 2.05) is 13.0 Å². The Morgan fingerprint density at radius 3 is 2.95 bits per heavy atom. The number of benzene rings is 1. The second-order valence-corrected chi connectivity index (χ2v) is 5.78. The van der Waals surface area contributed by atoms with Crippen LogP contribution in [0.25, 0.3) is 0 Å². The largest absolute Gasteiger partial charge is 0.480 e. The molecule has 0 fully saturated rings. The highest BCUT2D eigenvalue weighted by molar-refractivity contribution is 5.78. The molecular formula is C16H23FN2O2. The summed E-state index contributed by atoms with van der Waals surface area (Å²) >= 11 is 0. The number of hydrogen-bond donors (Lipinski definition) is 2. The summed E-state index contributed by atoms with van der Waals surface area (Å²) < 4.78 is 13.3. The second-order valence-electron chi connectivity index (χ2n) is 5.78. The van der Waals surface area contributed by atoms with E-state index in [1.165, 1.54) is 11.6 Å². The normalized spacial score (nSPS) is 16.6. The Kier molecular flexibility index (Phi) is 4.83. The number of likely N-dealkylation sites (N-methyl/N-ethyl adjacent to an activating group) is 1. The maximum absolute atomic E-state index is 13.3. The molecule has 1 unspecified atom stereocenters. The Morgan fingerprint density at radius 2 is 2.29 bits per heavy atom. The fourth-order valence-corrected chi connectivity index (χ4v) is 2.94. The first-order chi connectivity index (χ1) is 9.96. The number of halogens is 1. The maximum atomic E-state index is 13.3. The van der Waals surface area contributed by atoms with Crippen LogP contribution in [0.3, 0.4) is 0 Å². The molecule has 0 amide bonds. The van der Waals surface area contributed by atoms with Crippen molar-refractivity contribution in [2.24, 2.45) is 0 Å². The first-order valence-corrected chi connectivity index (χ1v) is 7.48. The molecule has 116 valence electrons. The van der Waals surface area contributed by atoms with Gasteiger partial charge in [-0.15, -0.1) is 0 Å². The Labute approximate surface area is 125 Å². The van der Waals surface area contributed by atoms with E-state index in [9.17, 15) is 14.3 Å². The molecular weight excluding hydrogens is 271 g/mol. The molecule has 0 aliphatic carbocycles. The van der Waals surface area contributed by atoms with E-state index >= 15 is 0 Å². The number of anilines is 1. The Hall–Kier alpha value is -1.62. The fraction of sp³-hybridized carbons (Fsp3) is 0.562. The summed E-state index contributed by atoms with van der Waals surface area (Å²) in [6, 6.07) is 4.91. The molecule has 2 rings (SSSR count). The van der Waals surface area contributed by atoms with Crippen LogP contribution in [0.2, 0.25) is 0 Å². The molecule has 1 aliphatic heterocycles. The van der Waals surface area contributed by atoms with Gasteiger partial charge in [0.15, 0.2) is 0 Å². The molecule has 4 nitrogen and oxygen atoms in total. The number of nitrogens with zero attached hydrogens (tertiary/aromatic N) is 1. The van der Waals surface area contributed by atoms with Crippen molar-refractivity contribution in [1.82, 2.24) is 5.32 Å². The minimum atomic E-state index is -0.890. The van der Waals surface area contributed by atoms with E-state index in [0.717, 1.165) is 31.6 Å². The third-order valence-corrected chi connectivity index (χ3v) is 4.18. The van der Waals surface area contributed by atoms with Crippen LogP contribution in [0.1, 0.15) is 32.3 Å². The predicted octanol–water partition coefficient (Wildman–Crippen LogP) is 2.42. The summed E-state index contributed by atoms with van der Waals surface area (Å²) in [7, 11) is 0. The number of nitrogens with one attached hydrogen (secondary N) is 1. The molecule has 0 aromatic heterocycles. The van der Waals surface area contributed by atoms with Gasteiger partial charge in [-0.2, -0.15) is 0 Å². The van der Waals surface area contributed by atoms with Crippen molar-refractivity contribution in [2.45, 2.75) is 38.6 Å². The van der Waals surface area contributed by atoms with Gasteiger partial charge in [0.25, 0.3) is 0 Å². The SMILES string of the molecule is CCNC(C)(CCCN1CCc2ccc(F)cc21)C(=O)O. The van der Waals surface area contributed by atoms with Crippen molar-refractivity contribution in [1.29, 1.82) is 0 Å². The number of aliphatic carboxylic acids is 1. The highest BCUT2D eigenvalue weighted by Crippen LogP contribution is 2.29. The molecule has 1 heterocycles. The molecule has 1 aromatic rings. The van der Waals surface area contributed by atoms with Crippen molar-refractivity contribution in [3.63, 3.8) is 0 Å². The van der Waals surface area contributed by atoms with Crippen molar-refractivity contribution in [3.8, 4) is 0 Å². The fourth-order valence-electron chi connectivity index (χ4n) is 2.94. The summed E-state index contributed by atoms with van der Waals surface area (Å²) in [5.41, 5.74) is 1.23. The van der Waals surface area contributed by atoms with Gasteiger partial charge in [-0.3, -0.25) is 4.79 Å². The molecule has 0 spiro atoms. The molecule has 5 heteroatoms. The lowest BCUT2D eigenvalue weighted by atomic mass is 9.95. The molecule has 2 N–H and O–H groups in total. The number of hydrogen-bond acceptors (Lipinski definition) is 3. The number of carboxylic acids is 1. The number of carbonyl (C=O) groups is 1. The van der Waals surface area contributed by atoms with Crippen LogP contribution in [0.5, 0.6) is 0 Å². The lowest BCUT2D eigenvalue weighted by Gasteiger charge is -2.27. The van der Waals surface area contributed by atoms with Crippen LogP contribution in [0, 0.1) is 5.82 Å². The number of rotatable bonds is 7. The molecule has 0 saturated carbocycles. The van der Waals surface area contributed by atoms with Gasteiger partial charge in [0, 0.05) is 18.8 Å². The molecule has 1 atom stereocenters. The van der Waals surface area contributed by atoms with E-state index in [4.69, 9.17) is 0 Å². The van der Waals surface area contributed by atoms with Gasteiger partial charge in [-0.1, -0.05) is 13.0 Å². The minimum Gasteiger partial charge on any atom is -0.480 e. The Morgan fingerprint density at radius 1 is 1.52 bits per heavy atom. The van der Waals surface area contributed by atoms with Gasteiger partial charge in [-0.05, 0) is 50.4 Å². The first-order valence-electron chi connectivity index (χ1n) is 7.48. The highest BCUT2D eigenvalue weighted by atomic mass is 19.1. The molecule has 0 bridgehead atoms. The molecule has 1 aliphatic rings. The van der Waals surface area contributed by atoms with Gasteiger partial charge in [0.05, 0.1) is 0 Å². The predicted molar refractivity (Wildman–Crippen MR) is 81.3 cm³/mol. The van der Waals surface area contributed by atoms with Crippen LogP contribution in [0.4, 0.5) is 10.1 Å². The second kappa shape index (κ2) is 6.43. The van der Waals surface area contributed by atoms with Gasteiger partial charge in [-0.25, -0.2) is 4.39 Å². The van der Waals surface area contributed by atoms with Crippen LogP contribution in [-0.4, -0.2) is 36.2 Å². The third-order valence-electron chi connectivity index (χ3n) is 4.18. The molecule has 0 saturated heterocycles. The zero-order valence-corrected chi connectivity index (χ0v) is 12.7. The lowest BCUT2D eigenvalue weighted by molar-refractivity contribution is -0.144. The van der Waals surface area contributed by atoms with Crippen molar-refractivity contribution < 1.29 is 14.3 Å². The Bertz CT molecular complexity index is 521. The number of fused-ring (bicyclic) bond motifs is 1. The zero-order valence-electron chi connectivity index (χ0n) is 12.7. The van der Waals surface area contributed by atoms with E-state index in [0.29, 0.717) is 13.0 Å². The van der Waals surface area contributed by atoms with Crippen LogP contribution in [-0.2, 0) is 11.2 Å². The summed E-state index contributed by atoms with van der Waals surface area (Å²) in [5, 5.41) is 12.4. The molecule has 1 aromatic carbocycles. The highest BCUT2D eigenvalue weighted by Gasteiger charge is 2.31. The first kappa shape index (κ1) is 15.8. The van der Waals surface area contributed by atoms with Crippen molar-refractivity contribution in [2.75, 3.05) is 24.5 Å². The standard InChI is InChI=1S/C16H23FN2O2/c1-3-18-16(2,15(20)21)8-4-9-19-10-7-12-5-6-13(17)11-14(12)19/h5-6,11,18H,3-4,7-10H2,1-2H3,(H,20,21). The van der Waals surface area contributed by atoms with Gasteiger partial charge in [0.2, 0.25) is 0 Å². The van der Waals surface area contributed by atoms with E-state index < -0.39 is 11.5 Å². The van der Waals surface area contributed by atoms with Crippen molar-refractivity contribution in [3.05, 3.63) is 29.6 Å². The number of carboxylic acid groups (broad SMARTS) is 1. The summed E-state index contributed by atoms with van der Waals surface area (Å²) in [6.45, 7) is 5.88. The molecule has 0 radical (unpaired) electrons. The monoisotopic (exact) mass is 294 g/mol. The summed E-state index contributed by atoms with van der Waals surface area (Å²) in [5.74, 6) is -1.04. The smallest absolute Gasteiger partial charge is 0.323 e. The van der Waals surface area contributed by atoms with Crippen LogP contribution >= 0.6 is 0 Å². The average Bonchev–Trinajstić information content (AvgIpc) is 2.81. The van der Waals surface area contributed by atoms with Gasteiger partial charge < -0.3 is 15.3 Å². The third kappa shape index (κ3) is 3.53. The van der Waals surface area contributed by atoms with Crippen molar-refractivity contribution >= 4 is 11.7 Å². The topological polar surface area (TPSA) is 52.6 Å². The van der Waals surface area contributed by atoms with Gasteiger partial charge >= 0.3 is 5.97 Å². The molecule has 21 heavy (non-hydrogen) atoms.